The second-order valence-electron chi connectivity index (χ2n) is 6.37. The summed E-state index contributed by atoms with van der Waals surface area (Å²) < 4.78 is 14.7. The molecule has 122 valence electrons. The average molecular weight is 316 g/mol. The zero-order valence-corrected chi connectivity index (χ0v) is 13.2. The summed E-state index contributed by atoms with van der Waals surface area (Å²) in [6.45, 7) is 4.81. The third-order valence-electron chi connectivity index (χ3n) is 4.46. The van der Waals surface area contributed by atoms with Gasteiger partial charge in [-0.1, -0.05) is 6.92 Å². The lowest BCUT2D eigenvalue weighted by Gasteiger charge is -2.34. The zero-order valence-electron chi connectivity index (χ0n) is 13.2. The monoisotopic (exact) mass is 316 g/mol. The van der Waals surface area contributed by atoms with Gasteiger partial charge in [0.05, 0.1) is 12.5 Å². The minimum Gasteiger partial charge on any atom is -0.350 e. The largest absolute Gasteiger partial charge is 0.350 e. The van der Waals surface area contributed by atoms with Gasteiger partial charge in [-0.2, -0.15) is 0 Å². The van der Waals surface area contributed by atoms with Gasteiger partial charge in [-0.25, -0.2) is 9.37 Å². The number of amides is 1. The maximum atomic E-state index is 13.0. The minimum atomic E-state index is -0.307. The number of nitrogens with zero attached hydrogens (tertiary/aromatic N) is 2. The van der Waals surface area contributed by atoms with Crippen LogP contribution in [0.2, 0.25) is 0 Å². The number of hydrogen-bond acceptors (Lipinski definition) is 3. The molecule has 5 nitrogen and oxygen atoms in total. The van der Waals surface area contributed by atoms with E-state index in [9.17, 15) is 9.18 Å². The molecule has 3 rings (SSSR count). The highest BCUT2D eigenvalue weighted by molar-refractivity contribution is 5.93. The molecule has 0 saturated carbocycles. The normalized spacial score (nSPS) is 17.0. The molecule has 0 unspecified atom stereocenters. The fourth-order valence-corrected chi connectivity index (χ4v) is 2.86. The SMILES string of the molecule is CC1(CNC(=O)c2cncn2-c2ccc(F)cc2)CCNCC1. The van der Waals surface area contributed by atoms with E-state index in [4.69, 9.17) is 0 Å². The second kappa shape index (κ2) is 6.50. The molecule has 0 spiro atoms. The summed E-state index contributed by atoms with van der Waals surface area (Å²) in [4.78, 5) is 16.5. The van der Waals surface area contributed by atoms with Crippen molar-refractivity contribution < 1.29 is 9.18 Å². The van der Waals surface area contributed by atoms with Crippen LogP contribution in [0.1, 0.15) is 30.3 Å². The molecule has 1 aromatic heterocycles. The van der Waals surface area contributed by atoms with Crippen LogP contribution in [0.3, 0.4) is 0 Å². The Morgan fingerprint density at radius 2 is 2.04 bits per heavy atom. The summed E-state index contributed by atoms with van der Waals surface area (Å²) in [7, 11) is 0. The Hall–Kier alpha value is -2.21. The predicted molar refractivity (Wildman–Crippen MR) is 86.1 cm³/mol. The lowest BCUT2D eigenvalue weighted by molar-refractivity contribution is 0.0915. The number of benzene rings is 1. The molecule has 0 radical (unpaired) electrons. The van der Waals surface area contributed by atoms with Gasteiger partial charge in [-0.3, -0.25) is 9.36 Å². The van der Waals surface area contributed by atoms with E-state index in [0.717, 1.165) is 25.9 Å². The van der Waals surface area contributed by atoms with Crippen LogP contribution < -0.4 is 10.6 Å². The molecule has 1 fully saturated rings. The summed E-state index contributed by atoms with van der Waals surface area (Å²) in [5.41, 5.74) is 1.29. The number of aromatic nitrogens is 2. The Morgan fingerprint density at radius 3 is 2.74 bits per heavy atom. The van der Waals surface area contributed by atoms with Crippen molar-refractivity contribution in [3.63, 3.8) is 0 Å². The van der Waals surface area contributed by atoms with Crippen LogP contribution in [0.4, 0.5) is 4.39 Å². The van der Waals surface area contributed by atoms with Crippen LogP contribution in [-0.4, -0.2) is 35.1 Å². The van der Waals surface area contributed by atoms with Crippen LogP contribution in [-0.2, 0) is 0 Å². The van der Waals surface area contributed by atoms with Gasteiger partial charge in [0.1, 0.15) is 11.5 Å². The predicted octanol–water partition coefficient (Wildman–Crippen LogP) is 2.13. The molecule has 1 aliphatic heterocycles. The number of halogens is 1. The Balaban J connectivity index is 1.71. The molecule has 0 bridgehead atoms. The first-order valence-corrected chi connectivity index (χ1v) is 7.85. The fraction of sp³-hybridized carbons (Fsp3) is 0.412. The van der Waals surface area contributed by atoms with Gasteiger partial charge in [-0.15, -0.1) is 0 Å². The van der Waals surface area contributed by atoms with Gasteiger partial charge in [0.2, 0.25) is 0 Å². The molecule has 0 atom stereocenters. The molecular weight excluding hydrogens is 295 g/mol. The first-order valence-electron chi connectivity index (χ1n) is 7.85. The van der Waals surface area contributed by atoms with E-state index in [2.05, 4.69) is 22.5 Å². The molecule has 23 heavy (non-hydrogen) atoms. The van der Waals surface area contributed by atoms with Crippen molar-refractivity contribution in [1.82, 2.24) is 20.2 Å². The molecule has 1 aromatic carbocycles. The summed E-state index contributed by atoms with van der Waals surface area (Å²) >= 11 is 0. The fourth-order valence-electron chi connectivity index (χ4n) is 2.86. The zero-order chi connectivity index (χ0) is 16.3. The Kier molecular flexibility index (Phi) is 4.43. The third-order valence-corrected chi connectivity index (χ3v) is 4.46. The summed E-state index contributed by atoms with van der Waals surface area (Å²) in [5.74, 6) is -0.467. The lowest BCUT2D eigenvalue weighted by atomic mass is 9.81. The van der Waals surface area contributed by atoms with E-state index in [1.807, 2.05) is 0 Å². The Morgan fingerprint density at radius 1 is 1.35 bits per heavy atom. The molecule has 2 N–H and O–H groups in total. The van der Waals surface area contributed by atoms with Crippen molar-refractivity contribution in [2.45, 2.75) is 19.8 Å². The highest BCUT2D eigenvalue weighted by atomic mass is 19.1. The third kappa shape index (κ3) is 3.59. The first-order chi connectivity index (χ1) is 11.1. The number of hydrogen-bond donors (Lipinski definition) is 2. The molecule has 2 aromatic rings. The summed E-state index contributed by atoms with van der Waals surface area (Å²) in [6, 6.07) is 5.99. The molecule has 1 saturated heterocycles. The van der Waals surface area contributed by atoms with Crippen LogP contribution in [0.5, 0.6) is 0 Å². The van der Waals surface area contributed by atoms with Gasteiger partial charge in [0.25, 0.3) is 5.91 Å². The van der Waals surface area contributed by atoms with Crippen molar-refractivity contribution in [2.24, 2.45) is 5.41 Å². The van der Waals surface area contributed by atoms with Crippen molar-refractivity contribution in [2.75, 3.05) is 19.6 Å². The molecule has 6 heteroatoms. The number of imidazole rings is 1. The number of carbonyl (C=O) groups is 1. The minimum absolute atomic E-state index is 0.127. The van der Waals surface area contributed by atoms with E-state index in [1.165, 1.54) is 18.3 Å². The van der Waals surface area contributed by atoms with Gasteiger partial charge in [-0.05, 0) is 55.6 Å². The second-order valence-corrected chi connectivity index (χ2v) is 6.37. The van der Waals surface area contributed by atoms with Crippen LogP contribution in [0.25, 0.3) is 5.69 Å². The smallest absolute Gasteiger partial charge is 0.269 e. The highest BCUT2D eigenvalue weighted by Gasteiger charge is 2.27. The van der Waals surface area contributed by atoms with Gasteiger partial charge in [0, 0.05) is 12.2 Å². The van der Waals surface area contributed by atoms with Crippen molar-refractivity contribution in [3.05, 3.63) is 48.3 Å². The van der Waals surface area contributed by atoms with Crippen molar-refractivity contribution in [3.8, 4) is 5.69 Å². The van der Waals surface area contributed by atoms with E-state index >= 15 is 0 Å². The standard InChI is InChI=1S/C17H21FN4O/c1-17(6-8-19-9-7-17)11-21-16(23)15-10-20-12-22(15)14-4-2-13(18)3-5-14/h2-5,10,12,19H,6-9,11H2,1H3,(H,21,23). The van der Waals surface area contributed by atoms with Crippen LogP contribution >= 0.6 is 0 Å². The first kappa shape index (κ1) is 15.7. The van der Waals surface area contributed by atoms with E-state index in [-0.39, 0.29) is 17.1 Å². The van der Waals surface area contributed by atoms with E-state index in [0.29, 0.717) is 17.9 Å². The number of nitrogens with one attached hydrogen (secondary N) is 2. The molecule has 1 aliphatic rings. The number of piperidine rings is 1. The van der Waals surface area contributed by atoms with E-state index < -0.39 is 0 Å². The lowest BCUT2D eigenvalue weighted by Crippen LogP contribution is -2.43. The van der Waals surface area contributed by atoms with E-state index in [1.54, 1.807) is 23.0 Å². The number of carbonyl (C=O) groups excluding carboxylic acids is 1. The van der Waals surface area contributed by atoms with Gasteiger partial charge < -0.3 is 10.6 Å². The van der Waals surface area contributed by atoms with Crippen LogP contribution in [0.15, 0.2) is 36.8 Å². The quantitative estimate of drug-likeness (QED) is 0.908. The molecular formula is C17H21FN4O. The highest BCUT2D eigenvalue weighted by Crippen LogP contribution is 2.26. The molecule has 1 amide bonds. The number of rotatable bonds is 4. The average Bonchev–Trinajstić information content (AvgIpc) is 3.04. The maximum absolute atomic E-state index is 13.0. The van der Waals surface area contributed by atoms with Gasteiger partial charge >= 0.3 is 0 Å². The van der Waals surface area contributed by atoms with Gasteiger partial charge in [0.15, 0.2) is 0 Å². The Bertz CT molecular complexity index is 674. The maximum Gasteiger partial charge on any atom is 0.269 e. The molecule has 0 aliphatic carbocycles. The van der Waals surface area contributed by atoms with Crippen LogP contribution in [0, 0.1) is 11.2 Å². The Labute approximate surface area is 134 Å². The topological polar surface area (TPSA) is 59.0 Å². The summed E-state index contributed by atoms with van der Waals surface area (Å²) in [6.07, 6.45) is 5.19. The van der Waals surface area contributed by atoms with Crippen molar-refractivity contribution >= 4 is 5.91 Å². The summed E-state index contributed by atoms with van der Waals surface area (Å²) in [5, 5.41) is 6.35. The van der Waals surface area contributed by atoms with Crippen molar-refractivity contribution in [1.29, 1.82) is 0 Å². The molecule has 2 heterocycles.